The average Bonchev–Trinajstić information content (AvgIpc) is 2.35. The molecule has 0 aliphatic heterocycles. The fourth-order valence-electron chi connectivity index (χ4n) is 1.59. The minimum Gasteiger partial charge on any atom is -0.480 e. The zero-order valence-corrected chi connectivity index (χ0v) is 11.3. The molecule has 6 heteroatoms. The number of urea groups is 1. The molecule has 0 fully saturated rings. The van der Waals surface area contributed by atoms with E-state index in [1.807, 2.05) is 6.07 Å². The summed E-state index contributed by atoms with van der Waals surface area (Å²) in [4.78, 5) is 28.3. The number of pyridine rings is 1. The van der Waals surface area contributed by atoms with Crippen molar-refractivity contribution in [1.82, 2.24) is 15.2 Å². The van der Waals surface area contributed by atoms with Crippen molar-refractivity contribution in [1.29, 1.82) is 0 Å². The van der Waals surface area contributed by atoms with Crippen LogP contribution in [0.2, 0.25) is 0 Å². The highest BCUT2D eigenvalue weighted by Crippen LogP contribution is 2.05. The van der Waals surface area contributed by atoms with Crippen LogP contribution in [0.3, 0.4) is 0 Å². The first-order valence-corrected chi connectivity index (χ1v) is 6.05. The molecule has 6 nitrogen and oxygen atoms in total. The second kappa shape index (κ2) is 6.72. The van der Waals surface area contributed by atoms with Crippen LogP contribution in [0.15, 0.2) is 24.5 Å². The Labute approximate surface area is 112 Å². The second-order valence-electron chi connectivity index (χ2n) is 4.73. The molecule has 0 unspecified atom stereocenters. The van der Waals surface area contributed by atoms with Crippen molar-refractivity contribution < 1.29 is 14.7 Å². The van der Waals surface area contributed by atoms with Crippen LogP contribution in [0, 0.1) is 5.92 Å². The van der Waals surface area contributed by atoms with Crippen molar-refractivity contribution in [3.8, 4) is 0 Å². The minimum atomic E-state index is -1.03. The first kappa shape index (κ1) is 14.9. The Balaban J connectivity index is 2.60. The van der Waals surface area contributed by atoms with Gasteiger partial charge in [-0.1, -0.05) is 19.9 Å². The van der Waals surface area contributed by atoms with Crippen LogP contribution < -0.4 is 5.32 Å². The lowest BCUT2D eigenvalue weighted by atomic mass is 10.1. The van der Waals surface area contributed by atoms with E-state index in [9.17, 15) is 9.59 Å². The lowest BCUT2D eigenvalue weighted by Crippen LogP contribution is -2.48. The zero-order valence-electron chi connectivity index (χ0n) is 11.3. The quantitative estimate of drug-likeness (QED) is 0.841. The van der Waals surface area contributed by atoms with Crippen molar-refractivity contribution >= 4 is 12.0 Å². The maximum absolute atomic E-state index is 11.9. The maximum atomic E-state index is 11.9. The van der Waals surface area contributed by atoms with Crippen LogP contribution in [0.1, 0.15) is 19.4 Å². The highest BCUT2D eigenvalue weighted by Gasteiger charge is 2.24. The van der Waals surface area contributed by atoms with Crippen LogP contribution in [0.5, 0.6) is 0 Å². The van der Waals surface area contributed by atoms with Gasteiger partial charge in [-0.2, -0.15) is 0 Å². The van der Waals surface area contributed by atoms with Crippen LogP contribution in [0.4, 0.5) is 4.79 Å². The number of hydrogen-bond acceptors (Lipinski definition) is 3. The van der Waals surface area contributed by atoms with E-state index in [0.717, 1.165) is 5.56 Å². The minimum absolute atomic E-state index is 0.173. The smallest absolute Gasteiger partial charge is 0.326 e. The summed E-state index contributed by atoms with van der Waals surface area (Å²) in [5, 5.41) is 11.5. The van der Waals surface area contributed by atoms with Gasteiger partial charge in [-0.3, -0.25) is 4.98 Å². The number of hydrogen-bond donors (Lipinski definition) is 2. The van der Waals surface area contributed by atoms with Crippen molar-refractivity contribution in [3.63, 3.8) is 0 Å². The number of carboxylic acids is 1. The summed E-state index contributed by atoms with van der Waals surface area (Å²) in [7, 11) is 1.61. The van der Waals surface area contributed by atoms with Crippen molar-refractivity contribution in [2.75, 3.05) is 7.05 Å². The average molecular weight is 265 g/mol. The van der Waals surface area contributed by atoms with Gasteiger partial charge in [0.15, 0.2) is 0 Å². The Morgan fingerprint density at radius 3 is 2.63 bits per heavy atom. The highest BCUT2D eigenvalue weighted by atomic mass is 16.4. The number of nitrogens with one attached hydrogen (secondary N) is 1. The molecule has 19 heavy (non-hydrogen) atoms. The fraction of sp³-hybridized carbons (Fsp3) is 0.462. The molecule has 0 spiro atoms. The van der Waals surface area contributed by atoms with Crippen LogP contribution >= 0.6 is 0 Å². The number of carbonyl (C=O) groups is 2. The van der Waals surface area contributed by atoms with Crippen molar-refractivity contribution in [3.05, 3.63) is 30.1 Å². The van der Waals surface area contributed by atoms with E-state index in [0.29, 0.717) is 6.54 Å². The molecule has 0 radical (unpaired) electrons. The van der Waals surface area contributed by atoms with Crippen molar-refractivity contribution in [2.24, 2.45) is 5.92 Å². The van der Waals surface area contributed by atoms with Crippen molar-refractivity contribution in [2.45, 2.75) is 26.4 Å². The van der Waals surface area contributed by atoms with Crippen LogP contribution in [0.25, 0.3) is 0 Å². The SMILES string of the molecule is CC(C)[C@@H](NC(=O)N(C)Cc1cccnc1)C(=O)O. The Kier molecular flexibility index (Phi) is 5.29. The van der Waals surface area contributed by atoms with E-state index in [1.165, 1.54) is 4.90 Å². The van der Waals surface area contributed by atoms with Gasteiger partial charge in [0.2, 0.25) is 0 Å². The third-order valence-electron chi connectivity index (χ3n) is 2.70. The van der Waals surface area contributed by atoms with Gasteiger partial charge in [-0.05, 0) is 17.5 Å². The zero-order chi connectivity index (χ0) is 14.4. The Hall–Kier alpha value is -2.11. The van der Waals surface area contributed by atoms with E-state index in [2.05, 4.69) is 10.3 Å². The summed E-state index contributed by atoms with van der Waals surface area (Å²) in [6.07, 6.45) is 3.32. The van der Waals surface area contributed by atoms with Gasteiger partial charge in [0.1, 0.15) is 6.04 Å². The molecule has 0 aliphatic carbocycles. The molecule has 1 aromatic rings. The van der Waals surface area contributed by atoms with E-state index < -0.39 is 18.0 Å². The maximum Gasteiger partial charge on any atom is 0.326 e. The van der Waals surface area contributed by atoms with Gasteiger partial charge >= 0.3 is 12.0 Å². The summed E-state index contributed by atoms with van der Waals surface area (Å²) in [5.74, 6) is -1.20. The van der Waals surface area contributed by atoms with E-state index >= 15 is 0 Å². The Bertz CT molecular complexity index is 434. The summed E-state index contributed by atoms with van der Waals surface area (Å²) in [6, 6.07) is 2.34. The molecule has 0 aliphatic rings. The topological polar surface area (TPSA) is 82.5 Å². The number of nitrogens with zero attached hydrogens (tertiary/aromatic N) is 2. The number of rotatable bonds is 5. The molecule has 0 aromatic carbocycles. The number of aromatic nitrogens is 1. The molecule has 0 saturated heterocycles. The van der Waals surface area contributed by atoms with Crippen LogP contribution in [-0.2, 0) is 11.3 Å². The predicted octanol–water partition coefficient (Wildman–Crippen LogP) is 1.33. The molecular weight excluding hydrogens is 246 g/mol. The largest absolute Gasteiger partial charge is 0.480 e. The molecule has 0 saturated carbocycles. The van der Waals surface area contributed by atoms with Gasteiger partial charge in [0.25, 0.3) is 0 Å². The van der Waals surface area contributed by atoms with E-state index in [4.69, 9.17) is 5.11 Å². The monoisotopic (exact) mass is 265 g/mol. The molecule has 104 valence electrons. The normalized spacial score (nSPS) is 12.0. The summed E-state index contributed by atoms with van der Waals surface area (Å²) in [5.41, 5.74) is 0.886. The van der Waals surface area contributed by atoms with Crippen LogP contribution in [-0.4, -0.2) is 40.1 Å². The molecule has 0 bridgehead atoms. The summed E-state index contributed by atoms with van der Waals surface area (Å²) < 4.78 is 0. The number of carbonyl (C=O) groups excluding carboxylic acids is 1. The first-order chi connectivity index (χ1) is 8.91. The van der Waals surface area contributed by atoms with E-state index in [1.54, 1.807) is 39.4 Å². The van der Waals surface area contributed by atoms with Gasteiger partial charge < -0.3 is 15.3 Å². The molecule has 1 atom stereocenters. The Morgan fingerprint density at radius 2 is 2.16 bits per heavy atom. The lowest BCUT2D eigenvalue weighted by Gasteiger charge is -2.23. The molecule has 1 heterocycles. The van der Waals surface area contributed by atoms with Gasteiger partial charge in [0.05, 0.1) is 0 Å². The third kappa shape index (κ3) is 4.57. The first-order valence-electron chi connectivity index (χ1n) is 6.05. The number of aliphatic carboxylic acids is 1. The molecule has 1 rings (SSSR count). The molecular formula is C13H19N3O3. The third-order valence-corrected chi connectivity index (χ3v) is 2.70. The molecule has 1 aromatic heterocycles. The van der Waals surface area contributed by atoms with Gasteiger partial charge in [-0.25, -0.2) is 9.59 Å². The fourth-order valence-corrected chi connectivity index (χ4v) is 1.59. The summed E-state index contributed by atoms with van der Waals surface area (Å²) >= 11 is 0. The Morgan fingerprint density at radius 1 is 1.47 bits per heavy atom. The molecule has 2 amide bonds. The van der Waals surface area contributed by atoms with Gasteiger partial charge in [0, 0.05) is 26.0 Å². The molecule has 2 N–H and O–H groups in total. The lowest BCUT2D eigenvalue weighted by molar-refractivity contribution is -0.140. The predicted molar refractivity (Wildman–Crippen MR) is 70.5 cm³/mol. The van der Waals surface area contributed by atoms with E-state index in [-0.39, 0.29) is 5.92 Å². The number of amides is 2. The highest BCUT2D eigenvalue weighted by molar-refractivity contribution is 5.82. The number of carboxylic acid groups (broad SMARTS) is 1. The standard InChI is InChI=1S/C13H19N3O3/c1-9(2)11(12(17)18)15-13(19)16(3)8-10-5-4-6-14-7-10/h4-7,9,11H,8H2,1-3H3,(H,15,19)(H,17,18)/t11-/m1/s1. The second-order valence-corrected chi connectivity index (χ2v) is 4.73. The summed E-state index contributed by atoms with van der Waals surface area (Å²) in [6.45, 7) is 3.88. The van der Waals surface area contributed by atoms with Gasteiger partial charge in [-0.15, -0.1) is 0 Å².